The van der Waals surface area contributed by atoms with Gasteiger partial charge in [0.2, 0.25) is 0 Å². The van der Waals surface area contributed by atoms with Crippen LogP contribution in [0.1, 0.15) is 13.8 Å². The van der Waals surface area contributed by atoms with Crippen LogP contribution < -0.4 is 15.2 Å². The van der Waals surface area contributed by atoms with E-state index < -0.39 is 0 Å². The van der Waals surface area contributed by atoms with Crippen molar-refractivity contribution >= 4 is 15.9 Å². The fraction of sp³-hybridized carbons (Fsp3) is 0.500. The van der Waals surface area contributed by atoms with Gasteiger partial charge in [0.25, 0.3) is 0 Å². The van der Waals surface area contributed by atoms with Gasteiger partial charge in [-0.2, -0.15) is 0 Å². The van der Waals surface area contributed by atoms with Crippen molar-refractivity contribution in [2.45, 2.75) is 13.8 Å². The number of rotatable bonds is 5. The van der Waals surface area contributed by atoms with Gasteiger partial charge in [-0.1, -0.05) is 13.8 Å². The van der Waals surface area contributed by atoms with Gasteiger partial charge in [-0.25, -0.2) is 0 Å². The van der Waals surface area contributed by atoms with Crippen LogP contribution >= 0.6 is 15.9 Å². The summed E-state index contributed by atoms with van der Waals surface area (Å²) in [6.07, 6.45) is 0. The predicted molar refractivity (Wildman–Crippen MR) is 69.0 cm³/mol. The van der Waals surface area contributed by atoms with E-state index in [9.17, 15) is 0 Å². The quantitative estimate of drug-likeness (QED) is 0.906. The first-order valence-electron chi connectivity index (χ1n) is 5.15. The maximum Gasteiger partial charge on any atom is 0.133 e. The Morgan fingerprint density at radius 2 is 2.06 bits per heavy atom. The first-order chi connectivity index (χ1) is 7.48. The van der Waals surface area contributed by atoms with Gasteiger partial charge >= 0.3 is 0 Å². The van der Waals surface area contributed by atoms with E-state index in [0.29, 0.717) is 13.2 Å². The first kappa shape index (κ1) is 13.3. The number of halogens is 1. The Labute approximate surface area is 105 Å². The third-order valence-corrected chi connectivity index (χ3v) is 2.93. The van der Waals surface area contributed by atoms with E-state index in [-0.39, 0.29) is 5.41 Å². The summed E-state index contributed by atoms with van der Waals surface area (Å²) in [6.45, 7) is 5.34. The molecule has 0 saturated heterocycles. The van der Waals surface area contributed by atoms with Crippen LogP contribution in [0.4, 0.5) is 0 Å². The highest BCUT2D eigenvalue weighted by Gasteiger charge is 2.17. The fourth-order valence-corrected chi connectivity index (χ4v) is 1.53. The summed E-state index contributed by atoms with van der Waals surface area (Å²) in [6, 6.07) is 5.63. The Kier molecular flexibility index (Phi) is 4.62. The summed E-state index contributed by atoms with van der Waals surface area (Å²) in [7, 11) is 1.64. The van der Waals surface area contributed by atoms with Crippen LogP contribution in [0, 0.1) is 5.41 Å². The monoisotopic (exact) mass is 287 g/mol. The van der Waals surface area contributed by atoms with Crippen LogP contribution in [0.5, 0.6) is 11.5 Å². The van der Waals surface area contributed by atoms with Crippen LogP contribution in [0.25, 0.3) is 0 Å². The molecule has 0 radical (unpaired) electrons. The maximum absolute atomic E-state index is 5.71. The van der Waals surface area contributed by atoms with Gasteiger partial charge in [-0.15, -0.1) is 0 Å². The molecule has 1 aromatic carbocycles. The lowest BCUT2D eigenvalue weighted by molar-refractivity contribution is 0.186. The molecular formula is C12H18BrNO2. The third-order valence-electron chi connectivity index (χ3n) is 2.31. The van der Waals surface area contributed by atoms with E-state index >= 15 is 0 Å². The molecule has 0 bridgehead atoms. The molecule has 0 atom stereocenters. The molecular weight excluding hydrogens is 270 g/mol. The van der Waals surface area contributed by atoms with Gasteiger partial charge in [-0.3, -0.25) is 0 Å². The Morgan fingerprint density at radius 1 is 1.38 bits per heavy atom. The zero-order chi connectivity index (χ0) is 12.2. The highest BCUT2D eigenvalue weighted by molar-refractivity contribution is 9.10. The largest absolute Gasteiger partial charge is 0.497 e. The second kappa shape index (κ2) is 5.55. The molecule has 4 heteroatoms. The van der Waals surface area contributed by atoms with Crippen LogP contribution in [0.3, 0.4) is 0 Å². The number of nitrogens with two attached hydrogens (primary N) is 1. The molecule has 0 aromatic heterocycles. The molecule has 0 aliphatic heterocycles. The lowest BCUT2D eigenvalue weighted by Crippen LogP contribution is -2.30. The summed E-state index contributed by atoms with van der Waals surface area (Å²) >= 11 is 3.44. The SMILES string of the molecule is COc1ccc(OCC(C)(C)CN)c(Br)c1. The van der Waals surface area contributed by atoms with Crippen molar-refractivity contribution in [3.05, 3.63) is 22.7 Å². The van der Waals surface area contributed by atoms with Crippen molar-refractivity contribution in [3.8, 4) is 11.5 Å². The molecule has 90 valence electrons. The molecule has 2 N–H and O–H groups in total. The highest BCUT2D eigenvalue weighted by Crippen LogP contribution is 2.30. The Morgan fingerprint density at radius 3 is 2.56 bits per heavy atom. The van der Waals surface area contributed by atoms with Crippen molar-refractivity contribution in [3.63, 3.8) is 0 Å². The summed E-state index contributed by atoms with van der Waals surface area (Å²) in [5, 5.41) is 0. The Bertz CT molecular complexity index is 353. The van der Waals surface area contributed by atoms with Gasteiger partial charge in [0, 0.05) is 12.0 Å². The van der Waals surface area contributed by atoms with Crippen LogP contribution in [-0.2, 0) is 0 Å². The zero-order valence-corrected chi connectivity index (χ0v) is 11.5. The van der Waals surface area contributed by atoms with Gasteiger partial charge < -0.3 is 15.2 Å². The molecule has 0 fully saturated rings. The molecule has 0 unspecified atom stereocenters. The summed E-state index contributed by atoms with van der Waals surface area (Å²) < 4.78 is 11.7. The van der Waals surface area contributed by atoms with Gasteiger partial charge in [0.05, 0.1) is 18.2 Å². The third kappa shape index (κ3) is 3.68. The molecule has 0 spiro atoms. The maximum atomic E-state index is 5.71. The second-order valence-electron chi connectivity index (χ2n) is 4.45. The molecule has 3 nitrogen and oxygen atoms in total. The van der Waals surface area contributed by atoms with Crippen molar-refractivity contribution in [2.24, 2.45) is 11.1 Å². The number of hydrogen-bond donors (Lipinski definition) is 1. The van der Waals surface area contributed by atoms with Crippen molar-refractivity contribution in [2.75, 3.05) is 20.3 Å². The smallest absolute Gasteiger partial charge is 0.133 e. The van der Waals surface area contributed by atoms with Crippen molar-refractivity contribution in [1.82, 2.24) is 0 Å². The zero-order valence-electron chi connectivity index (χ0n) is 9.92. The van der Waals surface area contributed by atoms with E-state index in [0.717, 1.165) is 16.0 Å². The average molecular weight is 288 g/mol. The number of benzene rings is 1. The molecule has 0 heterocycles. The molecule has 1 aromatic rings. The van der Waals surface area contributed by atoms with Crippen molar-refractivity contribution in [1.29, 1.82) is 0 Å². The summed E-state index contributed by atoms with van der Waals surface area (Å²) in [4.78, 5) is 0. The van der Waals surface area contributed by atoms with Crippen molar-refractivity contribution < 1.29 is 9.47 Å². The van der Waals surface area contributed by atoms with Crippen LogP contribution in [-0.4, -0.2) is 20.3 Å². The minimum atomic E-state index is -0.0145. The van der Waals surface area contributed by atoms with E-state index in [1.807, 2.05) is 18.2 Å². The molecule has 1 rings (SSSR count). The lowest BCUT2D eigenvalue weighted by Gasteiger charge is -2.22. The van der Waals surface area contributed by atoms with Gasteiger partial charge in [0.1, 0.15) is 11.5 Å². The lowest BCUT2D eigenvalue weighted by atomic mass is 9.95. The fourth-order valence-electron chi connectivity index (χ4n) is 1.06. The summed E-state index contributed by atoms with van der Waals surface area (Å²) in [5.41, 5.74) is 5.63. The number of methoxy groups -OCH3 is 1. The van der Waals surface area contributed by atoms with E-state index in [2.05, 4.69) is 29.8 Å². The minimum absolute atomic E-state index is 0.0145. The van der Waals surface area contributed by atoms with E-state index in [1.165, 1.54) is 0 Å². The normalized spacial score (nSPS) is 11.3. The second-order valence-corrected chi connectivity index (χ2v) is 5.31. The summed E-state index contributed by atoms with van der Waals surface area (Å²) in [5.74, 6) is 1.61. The molecule has 16 heavy (non-hydrogen) atoms. The van der Waals surface area contributed by atoms with Gasteiger partial charge in [0.15, 0.2) is 0 Å². The van der Waals surface area contributed by atoms with E-state index in [1.54, 1.807) is 7.11 Å². The molecule has 0 aliphatic carbocycles. The predicted octanol–water partition coefficient (Wildman–Crippen LogP) is 2.82. The Hall–Kier alpha value is -0.740. The van der Waals surface area contributed by atoms with Crippen LogP contribution in [0.15, 0.2) is 22.7 Å². The number of ether oxygens (including phenoxy) is 2. The van der Waals surface area contributed by atoms with Crippen LogP contribution in [0.2, 0.25) is 0 Å². The number of hydrogen-bond acceptors (Lipinski definition) is 3. The minimum Gasteiger partial charge on any atom is -0.497 e. The molecule has 0 saturated carbocycles. The van der Waals surface area contributed by atoms with E-state index in [4.69, 9.17) is 15.2 Å². The average Bonchev–Trinajstić information content (AvgIpc) is 2.27. The molecule has 0 amide bonds. The first-order valence-corrected chi connectivity index (χ1v) is 5.94. The Balaban J connectivity index is 2.68. The topological polar surface area (TPSA) is 44.5 Å². The highest BCUT2D eigenvalue weighted by atomic mass is 79.9. The standard InChI is InChI=1S/C12H18BrNO2/c1-12(2,7-14)8-16-11-5-4-9(15-3)6-10(11)13/h4-6H,7-8,14H2,1-3H3. The molecule has 0 aliphatic rings. The van der Waals surface area contributed by atoms with Gasteiger partial charge in [-0.05, 0) is 34.1 Å².